The maximum Gasteiger partial charge on any atom is 0.263 e. The zero-order chi connectivity index (χ0) is 13.8. The van der Waals surface area contributed by atoms with E-state index in [0.29, 0.717) is 35.2 Å². The van der Waals surface area contributed by atoms with Crippen molar-refractivity contribution in [3.63, 3.8) is 0 Å². The van der Waals surface area contributed by atoms with Gasteiger partial charge in [-0.25, -0.2) is 18.1 Å². The molecule has 1 amide bonds. The molecule has 0 saturated heterocycles. The number of thiazole rings is 1. The van der Waals surface area contributed by atoms with Crippen molar-refractivity contribution in [3.8, 4) is 0 Å². The van der Waals surface area contributed by atoms with Crippen LogP contribution in [0.5, 0.6) is 0 Å². The van der Waals surface area contributed by atoms with E-state index in [1.165, 1.54) is 0 Å². The maximum absolute atomic E-state index is 11.7. The number of carbonyl (C=O) groups excluding carboxylic acids is 1. The van der Waals surface area contributed by atoms with Gasteiger partial charge in [0.25, 0.3) is 5.91 Å². The molecule has 0 aliphatic rings. The van der Waals surface area contributed by atoms with E-state index in [-0.39, 0.29) is 5.91 Å². The molecule has 1 heterocycles. The number of hydrogen-bond donors (Lipinski definition) is 3. The number of amides is 1. The Hall–Kier alpha value is -1.19. The largest absolute Gasteiger partial charge is 0.375 e. The van der Waals surface area contributed by atoms with Crippen molar-refractivity contribution in [2.75, 3.05) is 25.1 Å². The van der Waals surface area contributed by atoms with Crippen LogP contribution in [0.2, 0.25) is 0 Å². The minimum atomic E-state index is -3.17. The number of nitrogens with two attached hydrogens (primary N) is 1. The second kappa shape index (κ2) is 6.12. The van der Waals surface area contributed by atoms with E-state index in [1.807, 2.05) is 0 Å². The second-order valence-electron chi connectivity index (χ2n) is 3.74. The molecular formula is C9H16N4O3S2. The molecule has 7 nitrogen and oxygen atoms in total. The molecule has 0 spiro atoms. The molecule has 9 heteroatoms. The Kier molecular flexibility index (Phi) is 5.05. The second-order valence-corrected chi connectivity index (χ2v) is 6.61. The van der Waals surface area contributed by atoms with Gasteiger partial charge in [0.15, 0.2) is 5.13 Å². The van der Waals surface area contributed by atoms with Gasteiger partial charge in [0.1, 0.15) is 4.88 Å². The SMILES string of the molecule is Cc1nc(N)sc1C(=O)NCCCNS(C)(=O)=O. The molecule has 0 fully saturated rings. The van der Waals surface area contributed by atoms with Crippen LogP contribution >= 0.6 is 11.3 Å². The van der Waals surface area contributed by atoms with E-state index in [1.54, 1.807) is 6.92 Å². The molecule has 0 aliphatic heterocycles. The van der Waals surface area contributed by atoms with Gasteiger partial charge in [-0.3, -0.25) is 4.79 Å². The monoisotopic (exact) mass is 292 g/mol. The lowest BCUT2D eigenvalue weighted by Crippen LogP contribution is -2.29. The molecule has 0 aromatic carbocycles. The summed E-state index contributed by atoms with van der Waals surface area (Å²) in [6.07, 6.45) is 1.61. The van der Waals surface area contributed by atoms with E-state index < -0.39 is 10.0 Å². The third kappa shape index (κ3) is 4.98. The molecule has 0 saturated carbocycles. The van der Waals surface area contributed by atoms with Crippen molar-refractivity contribution < 1.29 is 13.2 Å². The van der Waals surface area contributed by atoms with Crippen LogP contribution in [0.4, 0.5) is 5.13 Å². The number of anilines is 1. The van der Waals surface area contributed by atoms with Gasteiger partial charge in [-0.15, -0.1) is 0 Å². The Bertz CT molecular complexity index is 524. The summed E-state index contributed by atoms with van der Waals surface area (Å²) in [6.45, 7) is 2.40. The normalized spacial score (nSPS) is 11.4. The van der Waals surface area contributed by atoms with Crippen molar-refractivity contribution >= 4 is 32.4 Å². The summed E-state index contributed by atoms with van der Waals surface area (Å²) in [5.41, 5.74) is 6.09. The van der Waals surface area contributed by atoms with Crippen molar-refractivity contribution in [2.24, 2.45) is 0 Å². The van der Waals surface area contributed by atoms with Gasteiger partial charge in [0.05, 0.1) is 11.9 Å². The smallest absolute Gasteiger partial charge is 0.263 e. The van der Waals surface area contributed by atoms with Crippen molar-refractivity contribution in [1.29, 1.82) is 0 Å². The number of nitrogens with zero attached hydrogens (tertiary/aromatic N) is 1. The Labute approximate surface area is 110 Å². The highest BCUT2D eigenvalue weighted by Gasteiger charge is 2.13. The van der Waals surface area contributed by atoms with E-state index in [2.05, 4.69) is 15.0 Å². The number of aromatic nitrogens is 1. The molecule has 1 aromatic heterocycles. The topological polar surface area (TPSA) is 114 Å². The third-order valence-corrected chi connectivity index (χ3v) is 3.74. The summed E-state index contributed by atoms with van der Waals surface area (Å²) < 4.78 is 23.9. The highest BCUT2D eigenvalue weighted by Crippen LogP contribution is 2.19. The Morgan fingerprint density at radius 1 is 1.44 bits per heavy atom. The molecule has 0 aliphatic carbocycles. The van der Waals surface area contributed by atoms with Crippen LogP contribution in [0.15, 0.2) is 0 Å². The first kappa shape index (κ1) is 14.9. The van der Waals surface area contributed by atoms with Crippen LogP contribution in [-0.4, -0.2) is 38.7 Å². The molecule has 4 N–H and O–H groups in total. The lowest BCUT2D eigenvalue weighted by Gasteiger charge is -2.04. The number of sulfonamides is 1. The first-order valence-electron chi connectivity index (χ1n) is 5.25. The molecular weight excluding hydrogens is 276 g/mol. The minimum Gasteiger partial charge on any atom is -0.375 e. The summed E-state index contributed by atoms with van der Waals surface area (Å²) in [5.74, 6) is -0.235. The van der Waals surface area contributed by atoms with Gasteiger partial charge in [0.2, 0.25) is 10.0 Å². The summed E-state index contributed by atoms with van der Waals surface area (Å²) in [5, 5.41) is 3.04. The average molecular weight is 292 g/mol. The summed E-state index contributed by atoms with van der Waals surface area (Å²) in [6, 6.07) is 0. The first-order chi connectivity index (χ1) is 8.29. The number of nitrogens with one attached hydrogen (secondary N) is 2. The van der Waals surface area contributed by atoms with E-state index in [4.69, 9.17) is 5.73 Å². The van der Waals surface area contributed by atoms with Gasteiger partial charge >= 0.3 is 0 Å². The lowest BCUT2D eigenvalue weighted by atomic mass is 10.3. The van der Waals surface area contributed by atoms with Crippen molar-refractivity contribution in [1.82, 2.24) is 15.0 Å². The van der Waals surface area contributed by atoms with Crippen LogP contribution in [0.25, 0.3) is 0 Å². The van der Waals surface area contributed by atoms with Crippen LogP contribution in [-0.2, 0) is 10.0 Å². The molecule has 102 valence electrons. The number of carbonyl (C=O) groups is 1. The third-order valence-electron chi connectivity index (χ3n) is 2.02. The number of aryl methyl sites for hydroxylation is 1. The van der Waals surface area contributed by atoms with Crippen molar-refractivity contribution in [3.05, 3.63) is 10.6 Å². The zero-order valence-electron chi connectivity index (χ0n) is 10.2. The molecule has 0 atom stereocenters. The van der Waals surface area contributed by atoms with Crippen LogP contribution < -0.4 is 15.8 Å². The van der Waals surface area contributed by atoms with Crippen molar-refractivity contribution in [2.45, 2.75) is 13.3 Å². The molecule has 1 aromatic rings. The van der Waals surface area contributed by atoms with E-state index in [0.717, 1.165) is 17.6 Å². The van der Waals surface area contributed by atoms with Gasteiger partial charge < -0.3 is 11.1 Å². The molecule has 1 rings (SSSR count). The van der Waals surface area contributed by atoms with Gasteiger partial charge in [0, 0.05) is 13.1 Å². The predicted molar refractivity (Wildman–Crippen MR) is 71.1 cm³/mol. The number of hydrogen-bond acceptors (Lipinski definition) is 6. The van der Waals surface area contributed by atoms with Crippen LogP contribution in [0.1, 0.15) is 21.8 Å². The standard InChI is InChI=1S/C9H16N4O3S2/c1-6-7(17-9(10)13-6)8(14)11-4-3-5-12-18(2,15)16/h12H,3-5H2,1-2H3,(H2,10,13)(H,11,14). The Balaban J connectivity index is 2.32. The van der Waals surface area contributed by atoms with E-state index in [9.17, 15) is 13.2 Å². The van der Waals surface area contributed by atoms with Gasteiger partial charge in [-0.2, -0.15) is 0 Å². The van der Waals surface area contributed by atoms with Gasteiger partial charge in [-0.05, 0) is 13.3 Å². The quantitative estimate of drug-likeness (QED) is 0.623. The van der Waals surface area contributed by atoms with E-state index >= 15 is 0 Å². The van der Waals surface area contributed by atoms with Crippen LogP contribution in [0, 0.1) is 6.92 Å². The lowest BCUT2D eigenvalue weighted by molar-refractivity contribution is 0.0956. The maximum atomic E-state index is 11.7. The number of rotatable bonds is 6. The summed E-state index contributed by atoms with van der Waals surface area (Å²) in [4.78, 5) is 16.1. The first-order valence-corrected chi connectivity index (χ1v) is 7.96. The molecule has 0 radical (unpaired) electrons. The summed E-state index contributed by atoms with van der Waals surface area (Å²) in [7, 11) is -3.17. The molecule has 0 unspecified atom stereocenters. The fourth-order valence-corrected chi connectivity index (χ4v) is 2.52. The number of nitrogen functional groups attached to an aromatic ring is 1. The average Bonchev–Trinajstić information content (AvgIpc) is 2.55. The fraction of sp³-hybridized carbons (Fsp3) is 0.556. The van der Waals surface area contributed by atoms with Gasteiger partial charge in [-0.1, -0.05) is 11.3 Å². The molecule has 18 heavy (non-hydrogen) atoms. The minimum absolute atomic E-state index is 0.235. The molecule has 0 bridgehead atoms. The zero-order valence-corrected chi connectivity index (χ0v) is 11.8. The Morgan fingerprint density at radius 3 is 2.61 bits per heavy atom. The fourth-order valence-electron chi connectivity index (χ4n) is 1.26. The van der Waals surface area contributed by atoms with Crippen LogP contribution in [0.3, 0.4) is 0 Å². The highest BCUT2D eigenvalue weighted by molar-refractivity contribution is 7.88. The summed E-state index contributed by atoms with van der Waals surface area (Å²) >= 11 is 1.13. The highest BCUT2D eigenvalue weighted by atomic mass is 32.2. The Morgan fingerprint density at radius 2 is 2.11 bits per heavy atom. The predicted octanol–water partition coefficient (Wildman–Crippen LogP) is -0.297.